The second-order valence-electron chi connectivity index (χ2n) is 10.7. The molecule has 0 radical (unpaired) electrons. The summed E-state index contributed by atoms with van der Waals surface area (Å²) in [4.78, 5) is 30.5. The minimum atomic E-state index is -1.05. The monoisotopic (exact) mass is 568 g/mol. The van der Waals surface area contributed by atoms with Gasteiger partial charge in [-0.05, 0) is 63.3 Å². The van der Waals surface area contributed by atoms with Gasteiger partial charge in [0, 0.05) is 22.2 Å². The molecule has 1 aliphatic heterocycles. The molecule has 1 N–H and O–H groups in total. The average molecular weight is 570 g/mol. The van der Waals surface area contributed by atoms with Gasteiger partial charge in [0.25, 0.3) is 5.91 Å². The van der Waals surface area contributed by atoms with Crippen molar-refractivity contribution in [3.05, 3.63) is 106 Å². The Bertz CT molecular complexity index is 1260. The van der Waals surface area contributed by atoms with Crippen LogP contribution in [0, 0.1) is 0 Å². The van der Waals surface area contributed by atoms with E-state index in [2.05, 4.69) is 0 Å². The minimum Gasteiger partial charge on any atom is -0.443 e. The Morgan fingerprint density at radius 2 is 1.44 bits per heavy atom. The number of aliphatic hydroxyl groups excluding tert-OH is 1. The van der Waals surface area contributed by atoms with E-state index in [1.807, 2.05) is 65.6 Å². The lowest BCUT2D eigenvalue weighted by molar-refractivity contribution is -0.131. The third-order valence-corrected chi connectivity index (χ3v) is 7.35. The van der Waals surface area contributed by atoms with Gasteiger partial charge < -0.3 is 9.84 Å². The summed E-state index contributed by atoms with van der Waals surface area (Å²) in [5.41, 5.74) is 1.69. The lowest BCUT2D eigenvalue weighted by atomic mass is 10.00. The fourth-order valence-corrected chi connectivity index (χ4v) is 5.52. The van der Waals surface area contributed by atoms with Crippen LogP contribution in [-0.2, 0) is 22.4 Å². The predicted octanol–water partition coefficient (Wildman–Crippen LogP) is 6.68. The van der Waals surface area contributed by atoms with Crippen molar-refractivity contribution in [3.8, 4) is 0 Å². The summed E-state index contributed by atoms with van der Waals surface area (Å²) in [5, 5.41) is 12.1. The van der Waals surface area contributed by atoms with Crippen LogP contribution < -0.4 is 0 Å². The molecule has 0 bridgehead atoms. The fraction of sp³-hybridized carbons (Fsp3) is 0.355. The average Bonchev–Trinajstić information content (AvgIpc) is 3.18. The first-order chi connectivity index (χ1) is 18.6. The summed E-state index contributed by atoms with van der Waals surface area (Å²) in [5.74, 6) is -0.543. The first-order valence-electron chi connectivity index (χ1n) is 13.1. The van der Waals surface area contributed by atoms with Crippen molar-refractivity contribution >= 4 is 35.2 Å². The molecule has 1 aliphatic rings. The Kier molecular flexibility index (Phi) is 9.34. The number of halogens is 2. The van der Waals surface area contributed by atoms with Gasteiger partial charge in [0.1, 0.15) is 17.8 Å². The number of benzene rings is 3. The maximum Gasteiger partial charge on any atom is 0.418 e. The highest BCUT2D eigenvalue weighted by molar-refractivity contribution is 6.36. The van der Waals surface area contributed by atoms with E-state index in [9.17, 15) is 14.7 Å². The molecule has 3 aromatic carbocycles. The molecule has 2 amide bonds. The molecule has 1 saturated heterocycles. The van der Waals surface area contributed by atoms with Crippen LogP contribution in [0.4, 0.5) is 4.79 Å². The van der Waals surface area contributed by atoms with E-state index >= 15 is 0 Å². The number of imide groups is 1. The number of hydrogen-bond acceptors (Lipinski definition) is 5. The number of ether oxygens (including phenoxy) is 1. The van der Waals surface area contributed by atoms with E-state index in [1.54, 1.807) is 39.0 Å². The summed E-state index contributed by atoms with van der Waals surface area (Å²) >= 11 is 13.3. The summed E-state index contributed by atoms with van der Waals surface area (Å²) in [6, 6.07) is 23.7. The normalized spacial score (nSPS) is 18.8. The summed E-state index contributed by atoms with van der Waals surface area (Å²) < 4.78 is 5.66. The lowest BCUT2D eigenvalue weighted by Gasteiger charge is -2.33. The Hall–Kier alpha value is -2.90. The number of nitrogens with zero attached hydrogens (tertiary/aromatic N) is 2. The van der Waals surface area contributed by atoms with E-state index in [4.69, 9.17) is 27.9 Å². The Morgan fingerprint density at radius 3 is 1.97 bits per heavy atom. The number of aryl methyl sites for hydroxylation is 1. The second kappa shape index (κ2) is 12.5. The van der Waals surface area contributed by atoms with Gasteiger partial charge >= 0.3 is 6.09 Å². The van der Waals surface area contributed by atoms with E-state index < -0.39 is 35.9 Å². The number of carbonyl (C=O) groups excluding carboxylic acids is 2. The topological polar surface area (TPSA) is 70.1 Å². The molecular formula is C31H34Cl2N2O4. The van der Waals surface area contributed by atoms with Crippen molar-refractivity contribution in [2.75, 3.05) is 6.54 Å². The van der Waals surface area contributed by atoms with Gasteiger partial charge in [0.2, 0.25) is 0 Å². The van der Waals surface area contributed by atoms with E-state index in [0.29, 0.717) is 41.4 Å². The fourth-order valence-electron chi connectivity index (χ4n) is 4.93. The number of hydrogen-bond donors (Lipinski definition) is 1. The molecular weight excluding hydrogens is 535 g/mol. The molecule has 3 aromatic rings. The van der Waals surface area contributed by atoms with Crippen molar-refractivity contribution < 1.29 is 19.4 Å². The molecule has 0 saturated carbocycles. The number of carbonyl (C=O) groups is 2. The predicted molar refractivity (Wildman–Crippen MR) is 154 cm³/mol. The second-order valence-corrected chi connectivity index (χ2v) is 11.5. The highest BCUT2D eigenvalue weighted by atomic mass is 35.5. The smallest absolute Gasteiger partial charge is 0.418 e. The molecule has 0 spiro atoms. The number of amides is 2. The van der Waals surface area contributed by atoms with Gasteiger partial charge in [-0.25, -0.2) is 9.69 Å². The van der Waals surface area contributed by atoms with Crippen LogP contribution in [0.5, 0.6) is 0 Å². The van der Waals surface area contributed by atoms with Crippen LogP contribution in [0.1, 0.15) is 50.0 Å². The van der Waals surface area contributed by atoms with Crippen LogP contribution in [0.25, 0.3) is 0 Å². The van der Waals surface area contributed by atoms with Crippen LogP contribution in [0.2, 0.25) is 10.0 Å². The van der Waals surface area contributed by atoms with Crippen LogP contribution >= 0.6 is 23.2 Å². The maximum atomic E-state index is 14.1. The molecule has 0 unspecified atom stereocenters. The summed E-state index contributed by atoms with van der Waals surface area (Å²) in [6.07, 6.45) is -1.33. The third kappa shape index (κ3) is 7.00. The van der Waals surface area contributed by atoms with Gasteiger partial charge in [0.15, 0.2) is 0 Å². The highest BCUT2D eigenvalue weighted by Crippen LogP contribution is 2.43. The zero-order chi connectivity index (χ0) is 28.2. The molecule has 39 heavy (non-hydrogen) atoms. The highest BCUT2D eigenvalue weighted by Gasteiger charge is 2.54. The molecule has 6 nitrogen and oxygen atoms in total. The molecule has 1 heterocycles. The van der Waals surface area contributed by atoms with Crippen molar-refractivity contribution in [2.45, 2.75) is 63.9 Å². The molecule has 0 aliphatic carbocycles. The van der Waals surface area contributed by atoms with Gasteiger partial charge in [-0.1, -0.05) is 89.9 Å². The number of aliphatic hydroxyl groups is 1. The number of rotatable bonds is 8. The molecule has 8 heteroatoms. The van der Waals surface area contributed by atoms with Crippen LogP contribution in [0.15, 0.2) is 78.9 Å². The van der Waals surface area contributed by atoms with Crippen molar-refractivity contribution in [3.63, 3.8) is 0 Å². The van der Waals surface area contributed by atoms with Gasteiger partial charge in [-0.2, -0.15) is 0 Å². The van der Waals surface area contributed by atoms with Crippen LogP contribution in [0.3, 0.4) is 0 Å². The summed E-state index contributed by atoms with van der Waals surface area (Å²) in [6.45, 7) is 5.58. The minimum absolute atomic E-state index is 0.318. The first-order valence-corrected chi connectivity index (χ1v) is 13.8. The zero-order valence-corrected chi connectivity index (χ0v) is 23.9. The van der Waals surface area contributed by atoms with E-state index in [1.165, 1.54) is 0 Å². The van der Waals surface area contributed by atoms with Crippen LogP contribution in [-0.4, -0.2) is 51.2 Å². The Balaban J connectivity index is 1.75. The molecule has 0 aromatic heterocycles. The molecule has 206 valence electrons. The maximum absolute atomic E-state index is 14.1. The van der Waals surface area contributed by atoms with Gasteiger partial charge in [-0.15, -0.1) is 0 Å². The SMILES string of the molecule is CC(C)(C)OC(=O)N1C(=O)[C@@H]([C@@H](O)CCc2ccccc2)N(CCc2ccccc2)[C@@H]1c1c(Cl)cccc1Cl. The first kappa shape index (κ1) is 29.1. The van der Waals surface area contributed by atoms with Gasteiger partial charge in [0.05, 0.1) is 6.10 Å². The summed E-state index contributed by atoms with van der Waals surface area (Å²) in [7, 11) is 0. The standard InChI is InChI=1S/C31H34Cl2N2O4/c1-31(2,3)39-30(38)35-28(26-23(32)15-10-16-24(26)33)34(20-19-22-13-8-5-9-14-22)27(29(35)37)25(36)18-17-21-11-6-4-7-12-21/h4-16,25,27-28,36H,17-20H2,1-3H3/t25-,27+,28-/m0/s1. The molecule has 3 atom stereocenters. The van der Waals surface area contributed by atoms with E-state index in [-0.39, 0.29) is 0 Å². The molecule has 1 fully saturated rings. The van der Waals surface area contributed by atoms with Crippen molar-refractivity contribution in [2.24, 2.45) is 0 Å². The molecule has 4 rings (SSSR count). The largest absolute Gasteiger partial charge is 0.443 e. The lowest BCUT2D eigenvalue weighted by Crippen LogP contribution is -2.45. The Labute approximate surface area is 240 Å². The van der Waals surface area contributed by atoms with Crippen molar-refractivity contribution in [1.82, 2.24) is 9.80 Å². The van der Waals surface area contributed by atoms with E-state index in [0.717, 1.165) is 16.0 Å². The zero-order valence-electron chi connectivity index (χ0n) is 22.4. The van der Waals surface area contributed by atoms with Gasteiger partial charge in [-0.3, -0.25) is 9.69 Å². The third-order valence-electron chi connectivity index (χ3n) is 6.69. The Morgan fingerprint density at radius 1 is 0.897 bits per heavy atom. The quantitative estimate of drug-likeness (QED) is 0.328. The van der Waals surface area contributed by atoms with Crippen molar-refractivity contribution in [1.29, 1.82) is 0 Å².